The van der Waals surface area contributed by atoms with Gasteiger partial charge in [0.05, 0.1) is 0 Å². The van der Waals surface area contributed by atoms with Crippen LogP contribution in [0.25, 0.3) is 5.57 Å². The summed E-state index contributed by atoms with van der Waals surface area (Å²) in [6, 6.07) is 24.8. The molecule has 3 aliphatic rings. The molecular weight excluding hydrogens is 412 g/mol. The van der Waals surface area contributed by atoms with Gasteiger partial charge < -0.3 is 20.1 Å². The predicted octanol–water partition coefficient (Wildman–Crippen LogP) is 5.80. The molecule has 2 saturated heterocycles. The monoisotopic (exact) mass is 438 g/mol. The predicted molar refractivity (Wildman–Crippen MR) is 127 cm³/mol. The summed E-state index contributed by atoms with van der Waals surface area (Å²) in [4.78, 5) is 12.6. The number of hydrogen-bond acceptors (Lipinski definition) is 4. The third kappa shape index (κ3) is 3.89. The van der Waals surface area contributed by atoms with E-state index in [4.69, 9.17) is 9.47 Å². The standard InChI is InChI=1S/C28H26N2O3/c31-28(29-17-18-7-2-1-3-8-18)33-25-12-6-10-23-26(19-15-20-13-14-21(16-19)30-20)22-9-4-5-11-24(22)32-27(23)25/h1-12,20-21,30H,13-17H2,(H,29,31). The van der Waals surface area contributed by atoms with Crippen molar-refractivity contribution in [1.29, 1.82) is 0 Å². The third-order valence-electron chi connectivity index (χ3n) is 6.77. The maximum atomic E-state index is 12.6. The maximum absolute atomic E-state index is 12.6. The number of hydrogen-bond donors (Lipinski definition) is 2. The number of carbonyl (C=O) groups is 1. The van der Waals surface area contributed by atoms with Gasteiger partial charge in [0, 0.05) is 29.8 Å². The van der Waals surface area contributed by atoms with Crippen LogP contribution >= 0.6 is 0 Å². The molecule has 3 aliphatic heterocycles. The number of piperidine rings is 1. The Labute approximate surface area is 193 Å². The lowest BCUT2D eigenvalue weighted by Crippen LogP contribution is -2.35. The van der Waals surface area contributed by atoms with Crippen molar-refractivity contribution in [2.75, 3.05) is 0 Å². The summed E-state index contributed by atoms with van der Waals surface area (Å²) < 4.78 is 12.0. The fraction of sp³-hybridized carbons (Fsp3) is 0.250. The SMILES string of the molecule is O=C(NCc1ccccc1)Oc1cccc2c1Oc1ccccc1C2=C1CC2CCC(C1)N2. The lowest BCUT2D eigenvalue weighted by molar-refractivity contribution is 0.198. The number of fused-ring (bicyclic) bond motifs is 4. The molecule has 2 unspecified atom stereocenters. The quantitative estimate of drug-likeness (QED) is 0.425. The van der Waals surface area contributed by atoms with E-state index in [-0.39, 0.29) is 0 Å². The number of ether oxygens (including phenoxy) is 2. The molecule has 5 nitrogen and oxygen atoms in total. The number of para-hydroxylation sites is 2. The van der Waals surface area contributed by atoms with Crippen molar-refractivity contribution in [2.24, 2.45) is 0 Å². The Hall–Kier alpha value is -3.57. The molecule has 3 aromatic carbocycles. The molecule has 2 atom stereocenters. The number of benzene rings is 3. The van der Waals surface area contributed by atoms with Crippen LogP contribution in [0.5, 0.6) is 17.2 Å². The molecule has 0 spiro atoms. The van der Waals surface area contributed by atoms with Crippen molar-refractivity contribution in [3.8, 4) is 17.2 Å². The van der Waals surface area contributed by atoms with Crippen LogP contribution in [-0.2, 0) is 6.54 Å². The zero-order chi connectivity index (χ0) is 22.2. The first kappa shape index (κ1) is 20.1. The number of carbonyl (C=O) groups excluding carboxylic acids is 1. The first-order valence-electron chi connectivity index (χ1n) is 11.6. The summed E-state index contributed by atoms with van der Waals surface area (Å²) in [5.41, 5.74) is 5.83. The summed E-state index contributed by atoms with van der Waals surface area (Å²) in [5.74, 6) is 1.85. The van der Waals surface area contributed by atoms with Crippen LogP contribution < -0.4 is 20.1 Å². The Morgan fingerprint density at radius 2 is 1.64 bits per heavy atom. The van der Waals surface area contributed by atoms with Gasteiger partial charge in [0.25, 0.3) is 0 Å². The largest absolute Gasteiger partial charge is 0.452 e. The molecule has 2 N–H and O–H groups in total. The van der Waals surface area contributed by atoms with Gasteiger partial charge in [0.15, 0.2) is 11.5 Å². The van der Waals surface area contributed by atoms with Gasteiger partial charge in [-0.3, -0.25) is 0 Å². The number of rotatable bonds is 3. The third-order valence-corrected chi connectivity index (χ3v) is 6.77. The van der Waals surface area contributed by atoms with Crippen LogP contribution in [-0.4, -0.2) is 18.2 Å². The van der Waals surface area contributed by atoms with Gasteiger partial charge in [0.1, 0.15) is 5.75 Å². The van der Waals surface area contributed by atoms with Gasteiger partial charge in [-0.15, -0.1) is 0 Å². The Bertz CT molecular complexity index is 1220. The van der Waals surface area contributed by atoms with Crippen molar-refractivity contribution >= 4 is 11.7 Å². The Balaban J connectivity index is 1.33. The Kier molecular flexibility index (Phi) is 5.11. The minimum atomic E-state index is -0.496. The molecule has 33 heavy (non-hydrogen) atoms. The van der Waals surface area contributed by atoms with Gasteiger partial charge in [-0.2, -0.15) is 0 Å². The first-order valence-corrected chi connectivity index (χ1v) is 11.6. The van der Waals surface area contributed by atoms with Crippen LogP contribution in [0.4, 0.5) is 4.79 Å². The van der Waals surface area contributed by atoms with Crippen LogP contribution in [0.3, 0.4) is 0 Å². The lowest BCUT2D eigenvalue weighted by Gasteiger charge is -2.30. The second kappa shape index (κ2) is 8.41. The van der Waals surface area contributed by atoms with E-state index in [9.17, 15) is 4.79 Å². The van der Waals surface area contributed by atoms with E-state index in [2.05, 4.69) is 28.8 Å². The molecule has 0 radical (unpaired) electrons. The molecule has 0 aromatic heterocycles. The van der Waals surface area contributed by atoms with Crippen LogP contribution in [0.1, 0.15) is 42.4 Å². The van der Waals surface area contributed by atoms with E-state index < -0.39 is 6.09 Å². The molecular formula is C28H26N2O3. The van der Waals surface area contributed by atoms with Crippen molar-refractivity contribution in [3.05, 3.63) is 95.1 Å². The molecule has 166 valence electrons. The molecule has 5 heteroatoms. The molecule has 1 amide bonds. The Morgan fingerprint density at radius 3 is 2.45 bits per heavy atom. The second-order valence-electron chi connectivity index (χ2n) is 8.98. The van der Waals surface area contributed by atoms with E-state index in [1.165, 1.54) is 24.0 Å². The number of nitrogens with one attached hydrogen (secondary N) is 2. The van der Waals surface area contributed by atoms with Gasteiger partial charge >= 0.3 is 6.09 Å². The fourth-order valence-corrected chi connectivity index (χ4v) is 5.31. The summed E-state index contributed by atoms with van der Waals surface area (Å²) in [6.07, 6.45) is 4.06. The summed E-state index contributed by atoms with van der Waals surface area (Å²) in [5, 5.41) is 6.56. The normalized spacial score (nSPS) is 20.5. The second-order valence-corrected chi connectivity index (χ2v) is 8.98. The van der Waals surface area contributed by atoms with Gasteiger partial charge in [-0.05, 0) is 49.0 Å². The molecule has 3 aromatic rings. The first-order chi connectivity index (χ1) is 16.2. The average molecular weight is 439 g/mol. The van der Waals surface area contributed by atoms with Crippen LogP contribution in [0, 0.1) is 0 Å². The van der Waals surface area contributed by atoms with Gasteiger partial charge in [-0.1, -0.05) is 66.2 Å². The fourth-order valence-electron chi connectivity index (χ4n) is 5.31. The highest BCUT2D eigenvalue weighted by Crippen LogP contribution is 2.50. The Morgan fingerprint density at radius 1 is 0.909 bits per heavy atom. The van der Waals surface area contributed by atoms with Crippen molar-refractivity contribution in [2.45, 2.75) is 44.3 Å². The van der Waals surface area contributed by atoms with Gasteiger partial charge in [0.2, 0.25) is 0 Å². The molecule has 0 saturated carbocycles. The molecule has 2 fully saturated rings. The molecule has 2 bridgehead atoms. The van der Waals surface area contributed by atoms with E-state index in [1.54, 1.807) is 6.07 Å². The van der Waals surface area contributed by atoms with Crippen molar-refractivity contribution in [1.82, 2.24) is 10.6 Å². The highest BCUT2D eigenvalue weighted by atomic mass is 16.6. The zero-order valence-electron chi connectivity index (χ0n) is 18.3. The summed E-state index contributed by atoms with van der Waals surface area (Å²) in [6.45, 7) is 0.406. The smallest absolute Gasteiger partial charge is 0.413 e. The summed E-state index contributed by atoms with van der Waals surface area (Å²) >= 11 is 0. The van der Waals surface area contributed by atoms with Crippen molar-refractivity contribution in [3.63, 3.8) is 0 Å². The zero-order valence-corrected chi connectivity index (χ0v) is 18.3. The lowest BCUT2D eigenvalue weighted by atomic mass is 9.84. The average Bonchev–Trinajstić information content (AvgIpc) is 3.19. The minimum Gasteiger partial charge on any atom is -0.452 e. The van der Waals surface area contributed by atoms with E-state index in [0.29, 0.717) is 30.1 Å². The number of amides is 1. The van der Waals surface area contributed by atoms with Gasteiger partial charge in [-0.25, -0.2) is 4.79 Å². The summed E-state index contributed by atoms with van der Waals surface area (Å²) in [7, 11) is 0. The van der Waals surface area contributed by atoms with E-state index in [0.717, 1.165) is 35.3 Å². The molecule has 3 heterocycles. The van der Waals surface area contributed by atoms with E-state index in [1.807, 2.05) is 48.5 Å². The minimum absolute atomic E-state index is 0.406. The highest BCUT2D eigenvalue weighted by molar-refractivity contribution is 5.91. The topological polar surface area (TPSA) is 59.6 Å². The maximum Gasteiger partial charge on any atom is 0.413 e. The molecule has 6 rings (SSSR count). The highest BCUT2D eigenvalue weighted by Gasteiger charge is 2.35. The van der Waals surface area contributed by atoms with Crippen LogP contribution in [0.15, 0.2) is 78.4 Å². The van der Waals surface area contributed by atoms with Crippen LogP contribution in [0.2, 0.25) is 0 Å². The van der Waals surface area contributed by atoms with E-state index >= 15 is 0 Å². The van der Waals surface area contributed by atoms with Crippen molar-refractivity contribution < 1.29 is 14.3 Å². The molecule has 0 aliphatic carbocycles.